The number of nitrogens with one attached hydrogen (secondary N) is 1. The van der Waals surface area contributed by atoms with Gasteiger partial charge in [-0.3, -0.25) is 4.79 Å². The topological polar surface area (TPSA) is 101 Å². The number of aliphatic carboxylic acids is 1. The molecule has 4 aromatic rings. The summed E-state index contributed by atoms with van der Waals surface area (Å²) >= 11 is 5.91. The third-order valence-corrected chi connectivity index (χ3v) is 8.18. The van der Waals surface area contributed by atoms with E-state index in [4.69, 9.17) is 16.7 Å². The van der Waals surface area contributed by atoms with Crippen LogP contribution in [-0.4, -0.2) is 35.4 Å². The lowest BCUT2D eigenvalue weighted by Gasteiger charge is -2.19. The van der Waals surface area contributed by atoms with E-state index in [1.165, 1.54) is 17.8 Å². The van der Waals surface area contributed by atoms with Crippen molar-refractivity contribution in [1.29, 1.82) is 0 Å². The number of carboxylic acid groups (broad SMARTS) is 1. The lowest BCUT2D eigenvalue weighted by molar-refractivity contribution is -0.136. The molecule has 1 unspecified atom stereocenters. The Morgan fingerprint density at radius 3 is 2.49 bits per heavy atom. The van der Waals surface area contributed by atoms with Gasteiger partial charge in [-0.15, -0.1) is 0 Å². The summed E-state index contributed by atoms with van der Waals surface area (Å²) in [4.78, 5) is 15.3. The van der Waals surface area contributed by atoms with Crippen molar-refractivity contribution in [2.45, 2.75) is 49.3 Å². The molecule has 0 amide bonds. The number of sulfonamides is 1. The number of nitrogens with zero attached hydrogens (tertiary/aromatic N) is 2. The molecule has 194 valence electrons. The molecule has 2 aromatic heterocycles. The zero-order valence-electron chi connectivity index (χ0n) is 20.4. The standard InChI is InChI=1S/C28H30ClN3O4S/c29-24-13-15-27(16-14-24)37(35,36)31-18-23(22-11-8-21(9-12-22)10-17-28(33)34)4-1-2-5-25-6-3-7-26-19-30-20-32(25)26/h3,6-9,11-16,19-20,23,31H,1-2,4-5,10,17-18H2,(H,33,34). The SMILES string of the molecule is O=C(O)CCc1ccc(C(CCCCc2cccc3cncn23)CNS(=O)(=O)c2ccc(Cl)cc2)cc1. The second-order valence-electron chi connectivity index (χ2n) is 9.09. The van der Waals surface area contributed by atoms with Gasteiger partial charge in [0, 0.05) is 23.7 Å². The van der Waals surface area contributed by atoms with Crippen LogP contribution in [0.5, 0.6) is 0 Å². The maximum Gasteiger partial charge on any atom is 0.303 e. The largest absolute Gasteiger partial charge is 0.481 e. The molecule has 0 fully saturated rings. The fourth-order valence-corrected chi connectivity index (χ4v) is 5.62. The first kappa shape index (κ1) is 26.9. The molecule has 2 heterocycles. The van der Waals surface area contributed by atoms with Crippen molar-refractivity contribution in [2.24, 2.45) is 0 Å². The number of fused-ring (bicyclic) bond motifs is 1. The van der Waals surface area contributed by atoms with E-state index in [-0.39, 0.29) is 23.8 Å². The molecule has 0 aliphatic heterocycles. The minimum absolute atomic E-state index is 0.0281. The Labute approximate surface area is 222 Å². The molecule has 37 heavy (non-hydrogen) atoms. The van der Waals surface area contributed by atoms with E-state index < -0.39 is 16.0 Å². The van der Waals surface area contributed by atoms with Crippen LogP contribution in [0.4, 0.5) is 0 Å². The third-order valence-electron chi connectivity index (χ3n) is 6.49. The quantitative estimate of drug-likeness (QED) is 0.219. The lowest BCUT2D eigenvalue weighted by atomic mass is 9.92. The molecular formula is C28H30ClN3O4S. The Kier molecular flexibility index (Phi) is 8.97. The molecule has 0 saturated heterocycles. The maximum atomic E-state index is 12.9. The van der Waals surface area contributed by atoms with Crippen LogP contribution in [0, 0.1) is 0 Å². The number of benzene rings is 2. The number of carbonyl (C=O) groups is 1. The van der Waals surface area contributed by atoms with E-state index in [0.717, 1.165) is 42.3 Å². The number of pyridine rings is 1. The van der Waals surface area contributed by atoms with Gasteiger partial charge in [0.05, 0.1) is 22.9 Å². The summed E-state index contributed by atoms with van der Waals surface area (Å²) in [7, 11) is -3.68. The highest BCUT2D eigenvalue weighted by Gasteiger charge is 2.18. The fourth-order valence-electron chi connectivity index (χ4n) is 4.41. The lowest BCUT2D eigenvalue weighted by Crippen LogP contribution is -2.28. The van der Waals surface area contributed by atoms with Crippen LogP contribution >= 0.6 is 11.6 Å². The summed E-state index contributed by atoms with van der Waals surface area (Å²) in [5.41, 5.74) is 4.22. The second kappa shape index (κ2) is 12.4. The summed E-state index contributed by atoms with van der Waals surface area (Å²) in [5.74, 6) is -0.857. The zero-order chi connectivity index (χ0) is 26.3. The molecule has 0 spiro atoms. The van der Waals surface area contributed by atoms with Gasteiger partial charge < -0.3 is 9.51 Å². The average molecular weight is 540 g/mol. The van der Waals surface area contributed by atoms with Crippen molar-refractivity contribution in [3.63, 3.8) is 0 Å². The number of aromatic nitrogens is 2. The van der Waals surface area contributed by atoms with Crippen LogP contribution in [0.15, 0.2) is 84.1 Å². The molecule has 0 saturated carbocycles. The van der Waals surface area contributed by atoms with E-state index in [9.17, 15) is 13.2 Å². The number of hydrogen-bond acceptors (Lipinski definition) is 4. The minimum atomic E-state index is -3.68. The number of imidazole rings is 1. The van der Waals surface area contributed by atoms with Gasteiger partial charge >= 0.3 is 5.97 Å². The second-order valence-corrected chi connectivity index (χ2v) is 11.3. The first-order valence-electron chi connectivity index (χ1n) is 12.3. The Morgan fingerprint density at radius 2 is 1.76 bits per heavy atom. The minimum Gasteiger partial charge on any atom is -0.481 e. The Bertz CT molecular complexity index is 1430. The third kappa shape index (κ3) is 7.41. The van der Waals surface area contributed by atoms with Crippen LogP contribution in [0.2, 0.25) is 5.02 Å². The van der Waals surface area contributed by atoms with Gasteiger partial charge in [-0.25, -0.2) is 18.1 Å². The van der Waals surface area contributed by atoms with Gasteiger partial charge in [0.2, 0.25) is 10.0 Å². The summed E-state index contributed by atoms with van der Waals surface area (Å²) in [6.45, 7) is 0.260. The highest BCUT2D eigenvalue weighted by molar-refractivity contribution is 7.89. The molecule has 0 radical (unpaired) electrons. The predicted molar refractivity (Wildman–Crippen MR) is 145 cm³/mol. The van der Waals surface area contributed by atoms with E-state index in [2.05, 4.69) is 20.2 Å². The van der Waals surface area contributed by atoms with Crippen molar-refractivity contribution < 1.29 is 18.3 Å². The smallest absolute Gasteiger partial charge is 0.303 e. The molecule has 9 heteroatoms. The molecule has 1 atom stereocenters. The highest BCUT2D eigenvalue weighted by Crippen LogP contribution is 2.24. The van der Waals surface area contributed by atoms with Gasteiger partial charge in [-0.1, -0.05) is 48.4 Å². The molecule has 0 aliphatic carbocycles. The molecule has 4 rings (SSSR count). The fraction of sp³-hybridized carbons (Fsp3) is 0.286. The number of rotatable bonds is 13. The van der Waals surface area contributed by atoms with Gasteiger partial charge in [-0.05, 0) is 79.1 Å². The number of hydrogen-bond donors (Lipinski definition) is 2. The van der Waals surface area contributed by atoms with Crippen LogP contribution in [0.3, 0.4) is 0 Å². The molecule has 0 bridgehead atoms. The Morgan fingerprint density at radius 1 is 1.00 bits per heavy atom. The normalized spacial score (nSPS) is 12.6. The summed E-state index contributed by atoms with van der Waals surface area (Å²) in [6.07, 6.45) is 7.77. The first-order chi connectivity index (χ1) is 17.8. The molecule has 0 aliphatic rings. The van der Waals surface area contributed by atoms with Gasteiger partial charge in [-0.2, -0.15) is 0 Å². The monoisotopic (exact) mass is 539 g/mol. The summed E-state index contributed by atoms with van der Waals surface area (Å²) < 4.78 is 30.6. The van der Waals surface area contributed by atoms with E-state index in [0.29, 0.717) is 11.4 Å². The van der Waals surface area contributed by atoms with E-state index in [1.54, 1.807) is 12.1 Å². The van der Waals surface area contributed by atoms with Gasteiger partial charge in [0.15, 0.2) is 0 Å². The summed E-state index contributed by atoms with van der Waals surface area (Å²) in [5, 5.41) is 9.42. The highest BCUT2D eigenvalue weighted by atomic mass is 35.5. The Balaban J connectivity index is 1.42. The molecule has 7 nitrogen and oxygen atoms in total. The molecular weight excluding hydrogens is 510 g/mol. The molecule has 2 aromatic carbocycles. The number of carboxylic acids is 1. The van der Waals surface area contributed by atoms with Crippen LogP contribution in [0.1, 0.15) is 48.4 Å². The van der Waals surface area contributed by atoms with Crippen molar-refractivity contribution >= 4 is 33.1 Å². The number of halogens is 1. The predicted octanol–water partition coefficient (Wildman–Crippen LogP) is 5.48. The van der Waals surface area contributed by atoms with E-state index >= 15 is 0 Å². The van der Waals surface area contributed by atoms with Crippen molar-refractivity contribution in [3.8, 4) is 0 Å². The van der Waals surface area contributed by atoms with Crippen LogP contribution in [-0.2, 0) is 27.7 Å². The zero-order valence-corrected chi connectivity index (χ0v) is 22.0. The maximum absolute atomic E-state index is 12.9. The first-order valence-corrected chi connectivity index (χ1v) is 14.1. The van der Waals surface area contributed by atoms with Crippen LogP contribution < -0.4 is 4.72 Å². The van der Waals surface area contributed by atoms with Crippen molar-refractivity contribution in [3.05, 3.63) is 101 Å². The van der Waals surface area contributed by atoms with E-state index in [1.807, 2.05) is 48.9 Å². The number of aryl methyl sites for hydroxylation is 2. The van der Waals surface area contributed by atoms with Crippen molar-refractivity contribution in [2.75, 3.05) is 6.54 Å². The summed E-state index contributed by atoms with van der Waals surface area (Å²) in [6, 6.07) is 20.1. The average Bonchev–Trinajstić information content (AvgIpc) is 3.37. The molecule has 2 N–H and O–H groups in total. The van der Waals surface area contributed by atoms with Crippen LogP contribution in [0.25, 0.3) is 5.52 Å². The van der Waals surface area contributed by atoms with Gasteiger partial charge in [0.1, 0.15) is 0 Å². The number of unbranched alkanes of at least 4 members (excludes halogenated alkanes) is 1. The Hall–Kier alpha value is -3.20. The van der Waals surface area contributed by atoms with Crippen molar-refractivity contribution in [1.82, 2.24) is 14.1 Å². The van der Waals surface area contributed by atoms with Gasteiger partial charge in [0.25, 0.3) is 0 Å².